The lowest BCUT2D eigenvalue weighted by Gasteiger charge is -2.36. The molecule has 0 saturated heterocycles. The number of nitrogens with zero attached hydrogens (tertiary/aromatic N) is 6. The Labute approximate surface area is 194 Å². The highest BCUT2D eigenvalue weighted by Gasteiger charge is 2.36. The zero-order valence-corrected chi connectivity index (χ0v) is 20.0. The molecular weight excluding hydrogens is 448 g/mol. The third-order valence-corrected chi connectivity index (χ3v) is 7.90. The van der Waals surface area contributed by atoms with Crippen LogP contribution in [0.1, 0.15) is 53.2 Å². The van der Waals surface area contributed by atoms with Crippen molar-refractivity contribution in [1.82, 2.24) is 29.0 Å². The molecule has 1 aliphatic heterocycles. The molecular formula is C21H24N6OS3. The van der Waals surface area contributed by atoms with Crippen LogP contribution in [-0.2, 0) is 6.54 Å². The Morgan fingerprint density at radius 3 is 2.68 bits per heavy atom. The third-order valence-electron chi connectivity index (χ3n) is 5.79. The zero-order valence-electron chi connectivity index (χ0n) is 17.5. The molecule has 1 fully saturated rings. The van der Waals surface area contributed by atoms with E-state index in [-0.39, 0.29) is 11.9 Å². The van der Waals surface area contributed by atoms with Crippen molar-refractivity contribution in [2.24, 2.45) is 0 Å². The van der Waals surface area contributed by atoms with Gasteiger partial charge in [0.05, 0.1) is 6.04 Å². The molecule has 31 heavy (non-hydrogen) atoms. The SMILES string of the molecule is CSCCC1c2nnc(-c3nc(C4CC4)ns3)n2CCN1C(=O)c1ccc(SC)cc1. The van der Waals surface area contributed by atoms with Crippen LogP contribution in [0, 0.1) is 0 Å². The second-order valence-corrected chi connectivity index (χ2v) is 10.4. The van der Waals surface area contributed by atoms with E-state index in [1.54, 1.807) is 23.5 Å². The first kappa shape index (κ1) is 21.0. The minimum Gasteiger partial charge on any atom is -0.327 e. The summed E-state index contributed by atoms with van der Waals surface area (Å²) in [5.41, 5.74) is 0.721. The van der Waals surface area contributed by atoms with Gasteiger partial charge >= 0.3 is 0 Å². The van der Waals surface area contributed by atoms with Gasteiger partial charge < -0.3 is 9.47 Å². The molecule has 0 radical (unpaired) electrons. The van der Waals surface area contributed by atoms with Crippen molar-refractivity contribution in [3.05, 3.63) is 41.5 Å². The second kappa shape index (κ2) is 8.91. The lowest BCUT2D eigenvalue weighted by atomic mass is 10.1. The Kier molecular flexibility index (Phi) is 6.03. The summed E-state index contributed by atoms with van der Waals surface area (Å²) in [7, 11) is 0. The molecule has 1 unspecified atom stereocenters. The molecule has 1 atom stereocenters. The van der Waals surface area contributed by atoms with Crippen molar-refractivity contribution in [2.45, 2.75) is 42.7 Å². The van der Waals surface area contributed by atoms with Crippen LogP contribution < -0.4 is 0 Å². The van der Waals surface area contributed by atoms with Crippen LogP contribution in [-0.4, -0.2) is 59.7 Å². The van der Waals surface area contributed by atoms with Gasteiger partial charge in [-0.25, -0.2) is 4.98 Å². The highest BCUT2D eigenvalue weighted by Crippen LogP contribution is 2.40. The zero-order chi connectivity index (χ0) is 21.4. The van der Waals surface area contributed by atoms with Gasteiger partial charge in [0.2, 0.25) is 0 Å². The van der Waals surface area contributed by atoms with Gasteiger partial charge in [-0.2, -0.15) is 16.1 Å². The quantitative estimate of drug-likeness (QED) is 0.473. The van der Waals surface area contributed by atoms with Gasteiger partial charge in [-0.1, -0.05) is 0 Å². The highest BCUT2D eigenvalue weighted by atomic mass is 32.2. The predicted molar refractivity (Wildman–Crippen MR) is 126 cm³/mol. The molecule has 162 valence electrons. The number of carbonyl (C=O) groups is 1. The Bertz CT molecular complexity index is 1080. The van der Waals surface area contributed by atoms with Gasteiger partial charge in [0.1, 0.15) is 5.82 Å². The van der Waals surface area contributed by atoms with E-state index in [2.05, 4.69) is 25.4 Å². The number of benzene rings is 1. The number of amides is 1. The summed E-state index contributed by atoms with van der Waals surface area (Å²) < 4.78 is 6.67. The molecule has 3 heterocycles. The van der Waals surface area contributed by atoms with Crippen molar-refractivity contribution >= 4 is 41.0 Å². The maximum atomic E-state index is 13.4. The molecule has 5 rings (SSSR count). The normalized spacial score (nSPS) is 18.3. The van der Waals surface area contributed by atoms with E-state index in [4.69, 9.17) is 4.98 Å². The van der Waals surface area contributed by atoms with Crippen LogP contribution in [0.5, 0.6) is 0 Å². The largest absolute Gasteiger partial charge is 0.327 e. The number of fused-ring (bicyclic) bond motifs is 1. The first-order valence-corrected chi connectivity index (χ1v) is 13.8. The van der Waals surface area contributed by atoms with Crippen molar-refractivity contribution in [1.29, 1.82) is 0 Å². The van der Waals surface area contributed by atoms with Crippen molar-refractivity contribution < 1.29 is 4.79 Å². The topological polar surface area (TPSA) is 76.8 Å². The smallest absolute Gasteiger partial charge is 0.254 e. The van der Waals surface area contributed by atoms with E-state index in [1.165, 1.54) is 24.4 Å². The van der Waals surface area contributed by atoms with Crippen LogP contribution in [0.3, 0.4) is 0 Å². The number of hydrogen-bond donors (Lipinski definition) is 0. The van der Waals surface area contributed by atoms with Gasteiger partial charge in [0.15, 0.2) is 16.7 Å². The predicted octanol–water partition coefficient (Wildman–Crippen LogP) is 4.35. The number of rotatable bonds is 7. The second-order valence-electron chi connectivity index (χ2n) is 7.79. The number of thioether (sulfide) groups is 2. The third kappa shape index (κ3) is 4.12. The molecule has 1 aromatic carbocycles. The molecule has 0 spiro atoms. The van der Waals surface area contributed by atoms with Gasteiger partial charge in [-0.15, -0.1) is 22.0 Å². The minimum atomic E-state index is -0.0917. The van der Waals surface area contributed by atoms with E-state index in [1.807, 2.05) is 35.4 Å². The molecule has 3 aromatic rings. The van der Waals surface area contributed by atoms with Crippen LogP contribution in [0.25, 0.3) is 10.8 Å². The molecule has 2 aromatic heterocycles. The van der Waals surface area contributed by atoms with Crippen LogP contribution in [0.15, 0.2) is 29.2 Å². The molecule has 7 nitrogen and oxygen atoms in total. The average Bonchev–Trinajstić information content (AvgIpc) is 3.38. The van der Waals surface area contributed by atoms with E-state index in [0.29, 0.717) is 19.0 Å². The fraction of sp³-hybridized carbons (Fsp3) is 0.476. The average molecular weight is 473 g/mol. The highest BCUT2D eigenvalue weighted by molar-refractivity contribution is 7.98. The Balaban J connectivity index is 1.44. The van der Waals surface area contributed by atoms with Crippen molar-refractivity contribution in [3.63, 3.8) is 0 Å². The van der Waals surface area contributed by atoms with E-state index in [9.17, 15) is 4.79 Å². The van der Waals surface area contributed by atoms with E-state index in [0.717, 1.165) is 45.1 Å². The summed E-state index contributed by atoms with van der Waals surface area (Å²) in [5, 5.41) is 9.85. The minimum absolute atomic E-state index is 0.0569. The van der Waals surface area contributed by atoms with Crippen LogP contribution in [0.4, 0.5) is 0 Å². The lowest BCUT2D eigenvalue weighted by molar-refractivity contribution is 0.0613. The van der Waals surface area contributed by atoms with Crippen LogP contribution in [0.2, 0.25) is 0 Å². The Hall–Kier alpha value is -1.91. The van der Waals surface area contributed by atoms with E-state index >= 15 is 0 Å². The van der Waals surface area contributed by atoms with Crippen LogP contribution >= 0.6 is 35.1 Å². The van der Waals surface area contributed by atoms with Gasteiger partial charge in [0.25, 0.3) is 5.91 Å². The maximum Gasteiger partial charge on any atom is 0.254 e. The molecule has 10 heteroatoms. The fourth-order valence-electron chi connectivity index (χ4n) is 3.93. The summed E-state index contributed by atoms with van der Waals surface area (Å²) in [5.74, 6) is 4.11. The summed E-state index contributed by atoms with van der Waals surface area (Å²) >= 11 is 4.86. The molecule has 0 N–H and O–H groups in total. The van der Waals surface area contributed by atoms with Crippen molar-refractivity contribution in [3.8, 4) is 10.8 Å². The molecule has 0 bridgehead atoms. The number of hydrogen-bond acceptors (Lipinski definition) is 8. The first-order chi connectivity index (χ1) is 15.2. The number of aromatic nitrogens is 5. The van der Waals surface area contributed by atoms with Gasteiger partial charge in [0, 0.05) is 29.5 Å². The monoisotopic (exact) mass is 472 g/mol. The summed E-state index contributed by atoms with van der Waals surface area (Å²) in [6.45, 7) is 1.30. The van der Waals surface area contributed by atoms with Gasteiger partial charge in [-0.05, 0) is 73.3 Å². The van der Waals surface area contributed by atoms with E-state index < -0.39 is 0 Å². The fourth-order valence-corrected chi connectivity index (χ4v) is 5.54. The number of carbonyl (C=O) groups excluding carboxylic acids is 1. The van der Waals surface area contributed by atoms with Crippen molar-refractivity contribution in [2.75, 3.05) is 24.8 Å². The molecule has 2 aliphatic rings. The maximum absolute atomic E-state index is 13.4. The first-order valence-electron chi connectivity index (χ1n) is 10.4. The molecule has 1 saturated carbocycles. The summed E-state index contributed by atoms with van der Waals surface area (Å²) in [4.78, 5) is 21.2. The summed E-state index contributed by atoms with van der Waals surface area (Å²) in [6, 6.07) is 7.76. The lowest BCUT2D eigenvalue weighted by Crippen LogP contribution is -2.42. The van der Waals surface area contributed by atoms with Gasteiger partial charge in [-0.3, -0.25) is 4.79 Å². The summed E-state index contributed by atoms with van der Waals surface area (Å²) in [6.07, 6.45) is 7.33. The molecule has 1 aliphatic carbocycles. The molecule has 1 amide bonds. The Morgan fingerprint density at radius 1 is 1.16 bits per heavy atom. The Morgan fingerprint density at radius 2 is 1.97 bits per heavy atom. The standard InChI is InChI=1S/C21H24N6OS3/c1-29-12-9-16-18-23-24-19(20-22-17(25-31-20)13-3-4-13)27(18)11-10-26(16)21(28)14-5-7-15(30-2)8-6-14/h5-8,13,16H,3-4,9-12H2,1-2H3.